The van der Waals surface area contributed by atoms with Crippen LogP contribution in [-0.4, -0.2) is 34.0 Å². The van der Waals surface area contributed by atoms with Crippen molar-refractivity contribution in [2.75, 3.05) is 6.61 Å². The van der Waals surface area contributed by atoms with Gasteiger partial charge in [0.25, 0.3) is 0 Å². The summed E-state index contributed by atoms with van der Waals surface area (Å²) >= 11 is 0. The van der Waals surface area contributed by atoms with E-state index in [2.05, 4.69) is 14.8 Å². The van der Waals surface area contributed by atoms with Gasteiger partial charge in [-0.05, 0) is 43.3 Å². The first-order valence-electron chi connectivity index (χ1n) is 6.51. The van der Waals surface area contributed by atoms with Crippen molar-refractivity contribution in [3.63, 3.8) is 0 Å². The fourth-order valence-corrected chi connectivity index (χ4v) is 1.69. The fraction of sp³-hybridized carbons (Fsp3) is 0.214. The highest BCUT2D eigenvalue weighted by molar-refractivity contribution is 5.72. The highest BCUT2D eigenvalue weighted by atomic mass is 19.4. The highest BCUT2D eigenvalue weighted by Crippen LogP contribution is 2.24. The standard InChI is InChI=1S/C14H12F3N3O3/c1-2-22-13-18-12(4-3-9-21)19-20(13)10-5-7-11(8-6-10)23-14(15,16)17/h3-9H,2H2,1H3/b4-3+. The number of nitrogens with zero attached hydrogens (tertiary/aromatic N) is 3. The monoisotopic (exact) mass is 327 g/mol. The number of rotatable bonds is 6. The van der Waals surface area contributed by atoms with Crippen LogP contribution in [0.15, 0.2) is 30.3 Å². The third kappa shape index (κ3) is 4.56. The van der Waals surface area contributed by atoms with Crippen molar-refractivity contribution in [1.82, 2.24) is 14.8 Å². The number of carbonyl (C=O) groups excluding carboxylic acids is 1. The van der Waals surface area contributed by atoms with Gasteiger partial charge in [-0.15, -0.1) is 18.3 Å². The summed E-state index contributed by atoms with van der Waals surface area (Å²) in [4.78, 5) is 14.4. The molecule has 0 amide bonds. The molecule has 0 unspecified atom stereocenters. The minimum absolute atomic E-state index is 0.155. The summed E-state index contributed by atoms with van der Waals surface area (Å²) in [5, 5.41) is 4.11. The van der Waals surface area contributed by atoms with E-state index in [9.17, 15) is 18.0 Å². The van der Waals surface area contributed by atoms with Crippen LogP contribution in [0.5, 0.6) is 11.8 Å². The summed E-state index contributed by atoms with van der Waals surface area (Å²) in [6.45, 7) is 2.07. The third-order valence-corrected chi connectivity index (χ3v) is 2.51. The van der Waals surface area contributed by atoms with Gasteiger partial charge in [-0.2, -0.15) is 9.67 Å². The summed E-state index contributed by atoms with van der Waals surface area (Å²) in [6, 6.07) is 5.22. The Hall–Kier alpha value is -2.84. The molecule has 1 heterocycles. The summed E-state index contributed by atoms with van der Waals surface area (Å²) in [6.07, 6.45) is -1.58. The first-order valence-corrected chi connectivity index (χ1v) is 6.51. The van der Waals surface area contributed by atoms with Gasteiger partial charge in [0.2, 0.25) is 0 Å². The molecule has 122 valence electrons. The van der Waals surface area contributed by atoms with E-state index in [1.165, 1.54) is 29.0 Å². The van der Waals surface area contributed by atoms with Gasteiger partial charge in [-0.1, -0.05) is 0 Å². The molecular weight excluding hydrogens is 315 g/mol. The lowest BCUT2D eigenvalue weighted by atomic mass is 10.3. The van der Waals surface area contributed by atoms with Crippen LogP contribution in [-0.2, 0) is 4.79 Å². The summed E-state index contributed by atoms with van der Waals surface area (Å²) in [7, 11) is 0. The zero-order valence-corrected chi connectivity index (χ0v) is 11.9. The molecule has 0 aliphatic heterocycles. The van der Waals surface area contributed by atoms with E-state index in [0.29, 0.717) is 18.6 Å². The van der Waals surface area contributed by atoms with Crippen LogP contribution in [0.4, 0.5) is 13.2 Å². The average molecular weight is 327 g/mol. The van der Waals surface area contributed by atoms with Crippen molar-refractivity contribution in [2.24, 2.45) is 0 Å². The zero-order chi connectivity index (χ0) is 16.9. The Morgan fingerprint density at radius 2 is 1.96 bits per heavy atom. The van der Waals surface area contributed by atoms with Crippen LogP contribution < -0.4 is 9.47 Å². The second-order valence-electron chi connectivity index (χ2n) is 4.13. The van der Waals surface area contributed by atoms with Crippen molar-refractivity contribution >= 4 is 12.4 Å². The van der Waals surface area contributed by atoms with Gasteiger partial charge in [0.1, 0.15) is 12.0 Å². The molecule has 23 heavy (non-hydrogen) atoms. The molecule has 0 spiro atoms. The molecule has 0 aliphatic carbocycles. The normalized spacial score (nSPS) is 11.7. The largest absolute Gasteiger partial charge is 0.573 e. The van der Waals surface area contributed by atoms with Gasteiger partial charge in [-0.25, -0.2) is 0 Å². The third-order valence-electron chi connectivity index (χ3n) is 2.51. The summed E-state index contributed by atoms with van der Waals surface area (Å²) < 4.78 is 46.9. The summed E-state index contributed by atoms with van der Waals surface area (Å²) in [5.41, 5.74) is 0.432. The van der Waals surface area contributed by atoms with Gasteiger partial charge in [0, 0.05) is 0 Å². The van der Waals surface area contributed by atoms with Crippen molar-refractivity contribution in [3.05, 3.63) is 36.2 Å². The Morgan fingerprint density at radius 1 is 1.26 bits per heavy atom. The molecular formula is C14H12F3N3O3. The molecule has 0 fully saturated rings. The molecule has 1 aromatic heterocycles. The van der Waals surface area contributed by atoms with Crippen LogP contribution in [0.1, 0.15) is 12.7 Å². The molecule has 0 saturated carbocycles. The first kappa shape index (κ1) is 16.5. The number of allylic oxidation sites excluding steroid dienone is 1. The number of hydrogen-bond donors (Lipinski definition) is 0. The van der Waals surface area contributed by atoms with E-state index in [0.717, 1.165) is 12.1 Å². The van der Waals surface area contributed by atoms with E-state index in [-0.39, 0.29) is 17.6 Å². The Bertz CT molecular complexity index is 694. The Balaban J connectivity index is 2.30. The van der Waals surface area contributed by atoms with E-state index in [4.69, 9.17) is 4.74 Å². The number of carbonyl (C=O) groups is 1. The fourth-order valence-electron chi connectivity index (χ4n) is 1.69. The molecule has 9 heteroatoms. The molecule has 0 atom stereocenters. The smallest absolute Gasteiger partial charge is 0.464 e. The Kier molecular flexibility index (Phi) is 4.99. The lowest BCUT2D eigenvalue weighted by Crippen LogP contribution is -2.17. The molecule has 0 bridgehead atoms. The second-order valence-corrected chi connectivity index (χ2v) is 4.13. The van der Waals surface area contributed by atoms with Crippen LogP contribution in [0, 0.1) is 0 Å². The van der Waals surface area contributed by atoms with Crippen molar-refractivity contribution in [2.45, 2.75) is 13.3 Å². The van der Waals surface area contributed by atoms with Gasteiger partial charge in [-0.3, -0.25) is 4.79 Å². The average Bonchev–Trinajstić information content (AvgIpc) is 2.88. The Labute approximate surface area is 129 Å². The maximum absolute atomic E-state index is 12.1. The van der Waals surface area contributed by atoms with E-state index >= 15 is 0 Å². The molecule has 0 radical (unpaired) electrons. The lowest BCUT2D eigenvalue weighted by Gasteiger charge is -2.10. The molecule has 2 rings (SSSR count). The molecule has 2 aromatic rings. The first-order chi connectivity index (χ1) is 10.9. The highest BCUT2D eigenvalue weighted by Gasteiger charge is 2.31. The quantitative estimate of drug-likeness (QED) is 0.603. The number of alkyl halides is 3. The number of aldehydes is 1. The maximum atomic E-state index is 12.1. The molecule has 1 aromatic carbocycles. The molecule has 0 aliphatic rings. The molecule has 0 N–H and O–H groups in total. The van der Waals surface area contributed by atoms with Gasteiger partial charge < -0.3 is 9.47 Å². The lowest BCUT2D eigenvalue weighted by molar-refractivity contribution is -0.274. The minimum Gasteiger partial charge on any atom is -0.464 e. The van der Waals surface area contributed by atoms with Crippen LogP contribution in [0.25, 0.3) is 11.8 Å². The second kappa shape index (κ2) is 6.95. The van der Waals surface area contributed by atoms with Crippen molar-refractivity contribution in [1.29, 1.82) is 0 Å². The van der Waals surface area contributed by atoms with Crippen molar-refractivity contribution < 1.29 is 27.4 Å². The summed E-state index contributed by atoms with van der Waals surface area (Å²) in [5.74, 6) is -0.114. The van der Waals surface area contributed by atoms with E-state index in [1.807, 2.05) is 0 Å². The van der Waals surface area contributed by atoms with Crippen LogP contribution >= 0.6 is 0 Å². The Morgan fingerprint density at radius 3 is 2.52 bits per heavy atom. The van der Waals surface area contributed by atoms with E-state index < -0.39 is 6.36 Å². The van der Waals surface area contributed by atoms with Crippen LogP contribution in [0.2, 0.25) is 0 Å². The predicted octanol–water partition coefficient (Wildman–Crippen LogP) is 2.78. The number of hydrogen-bond acceptors (Lipinski definition) is 5. The number of ether oxygens (including phenoxy) is 2. The molecule has 0 saturated heterocycles. The zero-order valence-electron chi connectivity index (χ0n) is 11.9. The van der Waals surface area contributed by atoms with Crippen LogP contribution in [0.3, 0.4) is 0 Å². The van der Waals surface area contributed by atoms with Gasteiger partial charge in [0.15, 0.2) is 5.82 Å². The van der Waals surface area contributed by atoms with E-state index in [1.54, 1.807) is 6.92 Å². The number of aromatic nitrogens is 3. The predicted molar refractivity (Wildman–Crippen MR) is 74.3 cm³/mol. The number of benzene rings is 1. The maximum Gasteiger partial charge on any atom is 0.573 e. The SMILES string of the molecule is CCOc1nc(/C=C/C=O)nn1-c1ccc(OC(F)(F)F)cc1. The van der Waals surface area contributed by atoms with Gasteiger partial charge >= 0.3 is 12.4 Å². The minimum atomic E-state index is -4.75. The van der Waals surface area contributed by atoms with Crippen molar-refractivity contribution in [3.8, 4) is 17.4 Å². The van der Waals surface area contributed by atoms with Gasteiger partial charge in [0.05, 0.1) is 12.3 Å². The molecule has 6 nitrogen and oxygen atoms in total. The topological polar surface area (TPSA) is 66.2 Å². The number of halogens is 3.